The average molecular weight is 244 g/mol. The molecule has 0 amide bonds. The monoisotopic (exact) mass is 244 g/mol. The molecule has 3 heteroatoms. The molecule has 1 heterocycles. The van der Waals surface area contributed by atoms with E-state index in [4.69, 9.17) is 5.26 Å². The van der Waals surface area contributed by atoms with Crippen LogP contribution in [0.5, 0.6) is 0 Å². The Hall–Kier alpha value is -0.630. The molecule has 0 saturated heterocycles. The predicted octanol–water partition coefficient (Wildman–Crippen LogP) is 1.87. The van der Waals surface area contributed by atoms with E-state index in [1.54, 1.807) is 12.4 Å². The number of nitriles is 1. The normalized spacial score (nSPS) is 8.90. The highest BCUT2D eigenvalue weighted by Crippen LogP contribution is 2.12. The van der Waals surface area contributed by atoms with E-state index in [-0.39, 0.29) is 0 Å². The first kappa shape index (κ1) is 7.48. The van der Waals surface area contributed by atoms with Crippen LogP contribution in [0.2, 0.25) is 0 Å². The lowest BCUT2D eigenvalue weighted by molar-refractivity contribution is 1.22. The zero-order valence-corrected chi connectivity index (χ0v) is 7.58. The van der Waals surface area contributed by atoms with Crippen molar-refractivity contribution in [1.82, 2.24) is 4.98 Å². The van der Waals surface area contributed by atoms with Gasteiger partial charge >= 0.3 is 0 Å². The van der Waals surface area contributed by atoms with Gasteiger partial charge in [-0.05, 0) is 35.1 Å². The Morgan fingerprint density at radius 1 is 1.60 bits per heavy atom. The predicted molar refractivity (Wildman–Crippen MR) is 46.4 cm³/mol. The van der Waals surface area contributed by atoms with E-state index in [1.807, 2.05) is 6.92 Å². The van der Waals surface area contributed by atoms with Gasteiger partial charge in [0.25, 0.3) is 0 Å². The van der Waals surface area contributed by atoms with Crippen molar-refractivity contribution >= 4 is 22.6 Å². The Kier molecular flexibility index (Phi) is 2.22. The number of halogens is 1. The fourth-order valence-electron chi connectivity index (χ4n) is 0.674. The number of nitrogens with zero attached hydrogens (tertiary/aromatic N) is 2. The van der Waals surface area contributed by atoms with E-state index in [1.165, 1.54) is 0 Å². The standard InChI is InChI=1S/C7H5IN2/c1-5-3-10-4-7(8)6(5)2-9/h3-4H,1H3. The highest BCUT2D eigenvalue weighted by atomic mass is 127. The lowest BCUT2D eigenvalue weighted by Gasteiger charge is -1.95. The van der Waals surface area contributed by atoms with Gasteiger partial charge in [-0.2, -0.15) is 5.26 Å². The first-order valence-electron chi connectivity index (χ1n) is 2.76. The Morgan fingerprint density at radius 3 is 2.70 bits per heavy atom. The molecular weight excluding hydrogens is 239 g/mol. The van der Waals surface area contributed by atoms with Crippen LogP contribution in [-0.4, -0.2) is 4.98 Å². The minimum absolute atomic E-state index is 0.732. The van der Waals surface area contributed by atoms with Crippen molar-refractivity contribution in [3.8, 4) is 6.07 Å². The van der Waals surface area contributed by atoms with Gasteiger partial charge in [-0.1, -0.05) is 0 Å². The van der Waals surface area contributed by atoms with Gasteiger partial charge in [-0.15, -0.1) is 0 Å². The van der Waals surface area contributed by atoms with Crippen LogP contribution in [-0.2, 0) is 0 Å². The summed E-state index contributed by atoms with van der Waals surface area (Å²) in [6.07, 6.45) is 3.38. The third-order valence-corrected chi connectivity index (χ3v) is 2.02. The lowest BCUT2D eigenvalue weighted by Crippen LogP contribution is -1.87. The molecule has 0 bridgehead atoms. The van der Waals surface area contributed by atoms with Crippen molar-refractivity contribution in [3.63, 3.8) is 0 Å². The maximum atomic E-state index is 8.62. The minimum Gasteiger partial charge on any atom is -0.263 e. The first-order chi connectivity index (χ1) is 4.75. The Labute approximate surface area is 73.0 Å². The number of aryl methyl sites for hydroxylation is 1. The third kappa shape index (κ3) is 1.27. The lowest BCUT2D eigenvalue weighted by atomic mass is 10.2. The smallest absolute Gasteiger partial charge is 0.101 e. The minimum atomic E-state index is 0.732. The number of rotatable bonds is 0. The summed E-state index contributed by atoms with van der Waals surface area (Å²) in [5.74, 6) is 0. The van der Waals surface area contributed by atoms with Crippen molar-refractivity contribution in [3.05, 3.63) is 27.1 Å². The number of pyridine rings is 1. The van der Waals surface area contributed by atoms with Crippen molar-refractivity contribution in [2.45, 2.75) is 6.92 Å². The SMILES string of the molecule is Cc1cncc(I)c1C#N. The van der Waals surface area contributed by atoms with E-state index in [9.17, 15) is 0 Å². The molecule has 1 aromatic heterocycles. The molecule has 1 aromatic rings. The van der Waals surface area contributed by atoms with E-state index < -0.39 is 0 Å². The fourth-order valence-corrected chi connectivity index (χ4v) is 1.38. The zero-order chi connectivity index (χ0) is 7.56. The number of hydrogen-bond acceptors (Lipinski definition) is 2. The van der Waals surface area contributed by atoms with Crippen LogP contribution in [0.4, 0.5) is 0 Å². The topological polar surface area (TPSA) is 36.7 Å². The summed E-state index contributed by atoms with van der Waals surface area (Å²) in [7, 11) is 0. The van der Waals surface area contributed by atoms with Crippen LogP contribution < -0.4 is 0 Å². The summed E-state index contributed by atoms with van der Waals surface area (Å²) in [6.45, 7) is 1.88. The van der Waals surface area contributed by atoms with Crippen molar-refractivity contribution in [2.75, 3.05) is 0 Å². The van der Waals surface area contributed by atoms with Gasteiger partial charge in [-0.25, -0.2) is 0 Å². The summed E-state index contributed by atoms with van der Waals surface area (Å²) < 4.78 is 0.917. The van der Waals surface area contributed by atoms with Gasteiger partial charge < -0.3 is 0 Å². The van der Waals surface area contributed by atoms with Crippen LogP contribution in [0, 0.1) is 21.8 Å². The largest absolute Gasteiger partial charge is 0.263 e. The third-order valence-electron chi connectivity index (χ3n) is 1.20. The molecule has 0 fully saturated rings. The van der Waals surface area contributed by atoms with E-state index >= 15 is 0 Å². The summed E-state index contributed by atoms with van der Waals surface area (Å²) in [5, 5.41) is 8.62. The van der Waals surface area contributed by atoms with Gasteiger partial charge in [0.2, 0.25) is 0 Å². The molecule has 0 aliphatic carbocycles. The number of aromatic nitrogens is 1. The van der Waals surface area contributed by atoms with Crippen molar-refractivity contribution in [2.24, 2.45) is 0 Å². The molecule has 0 aliphatic heterocycles. The maximum Gasteiger partial charge on any atom is 0.101 e. The van der Waals surface area contributed by atoms with Gasteiger partial charge in [0.05, 0.1) is 5.56 Å². The Bertz CT molecular complexity index is 268. The molecule has 0 spiro atoms. The van der Waals surface area contributed by atoms with Gasteiger partial charge in [0.1, 0.15) is 6.07 Å². The van der Waals surface area contributed by atoms with Crippen molar-refractivity contribution in [1.29, 1.82) is 5.26 Å². The summed E-state index contributed by atoms with van der Waals surface area (Å²) in [5.41, 5.74) is 1.67. The fraction of sp³-hybridized carbons (Fsp3) is 0.143. The molecule has 0 radical (unpaired) electrons. The maximum absolute atomic E-state index is 8.62. The van der Waals surface area contributed by atoms with Crippen LogP contribution in [0.1, 0.15) is 11.1 Å². The van der Waals surface area contributed by atoms with Crippen LogP contribution in [0.3, 0.4) is 0 Å². The molecule has 0 aliphatic rings. The zero-order valence-electron chi connectivity index (χ0n) is 5.43. The highest BCUT2D eigenvalue weighted by Gasteiger charge is 2.00. The van der Waals surface area contributed by atoms with E-state index in [2.05, 4.69) is 33.6 Å². The summed E-state index contributed by atoms with van der Waals surface area (Å²) >= 11 is 2.10. The second-order valence-corrected chi connectivity index (χ2v) is 3.09. The second-order valence-electron chi connectivity index (χ2n) is 1.93. The van der Waals surface area contributed by atoms with Gasteiger partial charge in [0.15, 0.2) is 0 Å². The van der Waals surface area contributed by atoms with Gasteiger partial charge in [0, 0.05) is 16.0 Å². The molecule has 0 atom stereocenters. The Balaban J connectivity index is 3.34. The molecule has 0 unspecified atom stereocenters. The number of hydrogen-bond donors (Lipinski definition) is 0. The van der Waals surface area contributed by atoms with Crippen molar-refractivity contribution < 1.29 is 0 Å². The van der Waals surface area contributed by atoms with E-state index in [0.29, 0.717) is 0 Å². The summed E-state index contributed by atoms with van der Waals surface area (Å²) in [6, 6.07) is 2.12. The Morgan fingerprint density at radius 2 is 2.30 bits per heavy atom. The van der Waals surface area contributed by atoms with Crippen LogP contribution in [0.15, 0.2) is 12.4 Å². The van der Waals surface area contributed by atoms with Crippen LogP contribution >= 0.6 is 22.6 Å². The molecule has 1 rings (SSSR count). The van der Waals surface area contributed by atoms with Gasteiger partial charge in [-0.3, -0.25) is 4.98 Å². The second kappa shape index (κ2) is 2.97. The molecular formula is C7H5IN2. The molecule has 0 saturated carbocycles. The van der Waals surface area contributed by atoms with E-state index in [0.717, 1.165) is 14.7 Å². The molecule has 2 nitrogen and oxygen atoms in total. The molecule has 0 aromatic carbocycles. The first-order valence-corrected chi connectivity index (χ1v) is 3.84. The van der Waals surface area contributed by atoms with Crippen LogP contribution in [0.25, 0.3) is 0 Å². The summed E-state index contributed by atoms with van der Waals surface area (Å²) in [4.78, 5) is 3.93. The highest BCUT2D eigenvalue weighted by molar-refractivity contribution is 14.1. The average Bonchev–Trinajstić information content (AvgIpc) is 1.88. The molecule has 10 heavy (non-hydrogen) atoms. The quantitative estimate of drug-likeness (QED) is 0.653. The molecule has 0 N–H and O–H groups in total. The molecule has 50 valence electrons.